The first-order valence-electron chi connectivity index (χ1n) is 8.63. The molecule has 0 bridgehead atoms. The number of rotatable bonds is 7. The van der Waals surface area contributed by atoms with Crippen LogP contribution in [-0.2, 0) is 9.53 Å². The molecule has 0 atom stereocenters. The van der Waals surface area contributed by atoms with Crippen molar-refractivity contribution in [1.29, 1.82) is 0 Å². The van der Waals surface area contributed by atoms with E-state index < -0.39 is 5.97 Å². The number of hydrogen-bond acceptors (Lipinski definition) is 5. The van der Waals surface area contributed by atoms with Gasteiger partial charge in [0.2, 0.25) is 5.91 Å². The van der Waals surface area contributed by atoms with Gasteiger partial charge in [0.15, 0.2) is 0 Å². The molecule has 0 spiro atoms. The van der Waals surface area contributed by atoms with Crippen LogP contribution in [-0.4, -0.2) is 36.2 Å². The number of anilines is 1. The maximum absolute atomic E-state index is 12.0. The molecule has 1 amide bonds. The minimum absolute atomic E-state index is 0.0915. The smallest absolute Gasteiger partial charge is 0.341 e. The summed E-state index contributed by atoms with van der Waals surface area (Å²) >= 11 is 0. The van der Waals surface area contributed by atoms with E-state index in [-0.39, 0.29) is 23.8 Å². The lowest BCUT2D eigenvalue weighted by atomic mass is 9.95. The number of esters is 1. The zero-order valence-corrected chi connectivity index (χ0v) is 14.1. The summed E-state index contributed by atoms with van der Waals surface area (Å²) in [6.45, 7) is 2.58. The highest BCUT2D eigenvalue weighted by atomic mass is 16.5. The molecular formula is C18H26N2O4. The molecule has 1 aliphatic carbocycles. The Morgan fingerprint density at radius 2 is 2.00 bits per heavy atom. The lowest BCUT2D eigenvalue weighted by Crippen LogP contribution is -2.33. The lowest BCUT2D eigenvalue weighted by Gasteiger charge is -2.22. The largest absolute Gasteiger partial charge is 0.507 e. The minimum Gasteiger partial charge on any atom is -0.507 e. The summed E-state index contributed by atoms with van der Waals surface area (Å²) in [5.41, 5.74) is 0.553. The average Bonchev–Trinajstić information content (AvgIpc) is 2.56. The predicted molar refractivity (Wildman–Crippen MR) is 92.2 cm³/mol. The van der Waals surface area contributed by atoms with Crippen LogP contribution in [0.15, 0.2) is 18.2 Å². The fraction of sp³-hybridized carbons (Fsp3) is 0.556. The van der Waals surface area contributed by atoms with E-state index in [1.165, 1.54) is 44.2 Å². The van der Waals surface area contributed by atoms with Gasteiger partial charge in [-0.05, 0) is 31.9 Å². The maximum Gasteiger partial charge on any atom is 0.341 e. The first-order valence-corrected chi connectivity index (χ1v) is 8.63. The molecule has 1 aliphatic rings. The number of benzene rings is 1. The van der Waals surface area contributed by atoms with Crippen LogP contribution in [0, 0.1) is 0 Å². The molecule has 1 aromatic rings. The molecule has 0 saturated heterocycles. The Balaban J connectivity index is 1.78. The van der Waals surface area contributed by atoms with E-state index in [2.05, 4.69) is 10.6 Å². The molecule has 1 saturated carbocycles. The standard InChI is InChI=1S/C18H26N2O4/c1-2-24-18(23)15-9-8-14(12-16(15)21)20-17(22)10-11-19-13-6-4-3-5-7-13/h8-9,12-13,19,21H,2-7,10-11H2,1H3,(H,20,22). The van der Waals surface area contributed by atoms with Gasteiger partial charge in [-0.25, -0.2) is 4.79 Å². The summed E-state index contributed by atoms with van der Waals surface area (Å²) in [5.74, 6) is -0.905. The van der Waals surface area contributed by atoms with Gasteiger partial charge in [-0.3, -0.25) is 4.79 Å². The van der Waals surface area contributed by atoms with Crippen molar-refractivity contribution in [2.75, 3.05) is 18.5 Å². The molecule has 0 aromatic heterocycles. The van der Waals surface area contributed by atoms with Gasteiger partial charge < -0.3 is 20.5 Å². The molecule has 3 N–H and O–H groups in total. The summed E-state index contributed by atoms with van der Waals surface area (Å²) < 4.78 is 4.85. The van der Waals surface area contributed by atoms with Gasteiger partial charge in [0.1, 0.15) is 11.3 Å². The van der Waals surface area contributed by atoms with Gasteiger partial charge in [0.05, 0.1) is 6.61 Å². The highest BCUT2D eigenvalue weighted by molar-refractivity contribution is 5.95. The fourth-order valence-corrected chi connectivity index (χ4v) is 2.91. The Labute approximate surface area is 142 Å². The van der Waals surface area contributed by atoms with Crippen molar-refractivity contribution in [1.82, 2.24) is 5.32 Å². The third-order valence-corrected chi connectivity index (χ3v) is 4.17. The summed E-state index contributed by atoms with van der Waals surface area (Å²) in [6.07, 6.45) is 6.57. The van der Waals surface area contributed by atoms with Gasteiger partial charge >= 0.3 is 5.97 Å². The number of carbonyl (C=O) groups is 2. The summed E-state index contributed by atoms with van der Waals surface area (Å²) in [5, 5.41) is 16.0. The van der Waals surface area contributed by atoms with Crippen LogP contribution < -0.4 is 10.6 Å². The third-order valence-electron chi connectivity index (χ3n) is 4.17. The number of nitrogens with one attached hydrogen (secondary N) is 2. The van der Waals surface area contributed by atoms with Gasteiger partial charge in [-0.2, -0.15) is 0 Å². The molecule has 24 heavy (non-hydrogen) atoms. The summed E-state index contributed by atoms with van der Waals surface area (Å²) in [6, 6.07) is 4.92. The number of amides is 1. The molecule has 1 aromatic carbocycles. The van der Waals surface area contributed by atoms with Crippen molar-refractivity contribution >= 4 is 17.6 Å². The van der Waals surface area contributed by atoms with Crippen molar-refractivity contribution in [2.45, 2.75) is 51.5 Å². The SMILES string of the molecule is CCOC(=O)c1ccc(NC(=O)CCNC2CCCCC2)cc1O. The number of ether oxygens (including phenoxy) is 1. The summed E-state index contributed by atoms with van der Waals surface area (Å²) in [7, 11) is 0. The first kappa shape index (κ1) is 18.3. The van der Waals surface area contributed by atoms with Crippen LogP contribution in [0.3, 0.4) is 0 Å². The third kappa shape index (κ3) is 5.53. The molecule has 6 nitrogen and oxygen atoms in total. The van der Waals surface area contributed by atoms with Gasteiger partial charge in [-0.15, -0.1) is 0 Å². The Morgan fingerprint density at radius 1 is 1.25 bits per heavy atom. The van der Waals surface area contributed by atoms with Gasteiger partial charge in [0.25, 0.3) is 0 Å². The zero-order chi connectivity index (χ0) is 17.4. The normalized spacial score (nSPS) is 15.0. The number of carbonyl (C=O) groups excluding carboxylic acids is 2. The Hall–Kier alpha value is -2.08. The lowest BCUT2D eigenvalue weighted by molar-refractivity contribution is -0.116. The molecule has 132 valence electrons. The second-order valence-electron chi connectivity index (χ2n) is 6.04. The summed E-state index contributed by atoms with van der Waals surface area (Å²) in [4.78, 5) is 23.6. The van der Waals surface area contributed by atoms with E-state index in [0.29, 0.717) is 24.7 Å². The molecule has 0 aliphatic heterocycles. The van der Waals surface area contributed by atoms with E-state index in [0.717, 1.165) is 0 Å². The Bertz CT molecular complexity index is 568. The van der Waals surface area contributed by atoms with Crippen molar-refractivity contribution in [3.63, 3.8) is 0 Å². The van der Waals surface area contributed by atoms with E-state index in [9.17, 15) is 14.7 Å². The molecule has 0 unspecified atom stereocenters. The van der Waals surface area contributed by atoms with Crippen LogP contribution in [0.2, 0.25) is 0 Å². The van der Waals surface area contributed by atoms with Crippen molar-refractivity contribution in [3.05, 3.63) is 23.8 Å². The average molecular weight is 334 g/mol. The highest BCUT2D eigenvalue weighted by Gasteiger charge is 2.14. The number of phenols is 1. The van der Waals surface area contributed by atoms with Gasteiger partial charge in [0, 0.05) is 30.8 Å². The Morgan fingerprint density at radius 3 is 2.67 bits per heavy atom. The van der Waals surface area contributed by atoms with E-state index in [1.807, 2.05) is 0 Å². The molecule has 2 rings (SSSR count). The van der Waals surface area contributed by atoms with Crippen LogP contribution in [0.1, 0.15) is 55.8 Å². The molecular weight excluding hydrogens is 308 g/mol. The van der Waals surface area contributed by atoms with Crippen molar-refractivity contribution in [2.24, 2.45) is 0 Å². The predicted octanol–water partition coefficient (Wildman–Crippen LogP) is 2.82. The number of phenolic OH excluding ortho intramolecular Hbond substituents is 1. The van der Waals surface area contributed by atoms with E-state index >= 15 is 0 Å². The zero-order valence-electron chi connectivity index (χ0n) is 14.1. The monoisotopic (exact) mass is 334 g/mol. The van der Waals surface area contributed by atoms with Crippen LogP contribution in [0.25, 0.3) is 0 Å². The van der Waals surface area contributed by atoms with Crippen molar-refractivity contribution < 1.29 is 19.4 Å². The van der Waals surface area contributed by atoms with Crippen molar-refractivity contribution in [3.8, 4) is 5.75 Å². The second kappa shape index (κ2) is 9.27. The topological polar surface area (TPSA) is 87.7 Å². The maximum atomic E-state index is 12.0. The van der Waals surface area contributed by atoms with Crippen LogP contribution in [0.4, 0.5) is 5.69 Å². The molecule has 0 heterocycles. The quantitative estimate of drug-likeness (QED) is 0.667. The van der Waals surface area contributed by atoms with Crippen LogP contribution in [0.5, 0.6) is 5.75 Å². The Kier molecular flexibility index (Phi) is 7.06. The second-order valence-corrected chi connectivity index (χ2v) is 6.04. The van der Waals surface area contributed by atoms with Gasteiger partial charge in [-0.1, -0.05) is 19.3 Å². The molecule has 0 radical (unpaired) electrons. The highest BCUT2D eigenvalue weighted by Crippen LogP contribution is 2.23. The van der Waals surface area contributed by atoms with Crippen LogP contribution >= 0.6 is 0 Å². The number of aromatic hydroxyl groups is 1. The molecule has 6 heteroatoms. The molecule has 1 fully saturated rings. The van der Waals surface area contributed by atoms with E-state index in [1.54, 1.807) is 13.0 Å². The first-order chi connectivity index (χ1) is 11.6. The number of hydrogen-bond donors (Lipinski definition) is 3. The van der Waals surface area contributed by atoms with E-state index in [4.69, 9.17) is 4.74 Å². The fourth-order valence-electron chi connectivity index (χ4n) is 2.91. The minimum atomic E-state index is -0.579.